The van der Waals surface area contributed by atoms with Crippen LogP contribution in [0.5, 0.6) is 0 Å². The maximum Gasteiger partial charge on any atom is 0.261 e. The first kappa shape index (κ1) is 27.3. The lowest BCUT2D eigenvalue weighted by molar-refractivity contribution is 0.0602. The number of nitrogens with two attached hydrogens (primary N) is 1. The zero-order chi connectivity index (χ0) is 28.2. The highest BCUT2D eigenvalue weighted by atomic mass is 16.2. The Morgan fingerprint density at radius 3 is 2.23 bits per heavy atom. The fourth-order valence-corrected chi connectivity index (χ4v) is 5.36. The van der Waals surface area contributed by atoms with Crippen molar-refractivity contribution in [2.24, 2.45) is 11.7 Å². The van der Waals surface area contributed by atoms with Crippen LogP contribution in [0.1, 0.15) is 53.6 Å². The van der Waals surface area contributed by atoms with E-state index in [1.807, 2.05) is 103 Å². The van der Waals surface area contributed by atoms with E-state index in [1.165, 1.54) is 0 Å². The second kappa shape index (κ2) is 11.8. The first-order chi connectivity index (χ1) is 19.4. The molecule has 5 aromatic rings. The van der Waals surface area contributed by atoms with Crippen LogP contribution < -0.4 is 11.3 Å². The standard InChI is InChI=1S/C34H36N4O2/c1-23(2)31(37(19-9-18-35)33(39)26-16-14-24(3)15-17-26)32-36-30-21-28-13-8-7-12-27(28)20-29(30)34(40)38(32)22-25-10-5-4-6-11-25/h4-8,10-17,20-21,23,31H,9,18-19,22,35H2,1-3H3. The first-order valence-electron chi connectivity index (χ1n) is 13.9. The summed E-state index contributed by atoms with van der Waals surface area (Å²) in [7, 11) is 0. The van der Waals surface area contributed by atoms with E-state index in [4.69, 9.17) is 10.7 Å². The molecular formula is C34H36N4O2. The fraction of sp³-hybridized carbons (Fsp3) is 0.265. The van der Waals surface area contributed by atoms with Gasteiger partial charge in [-0.25, -0.2) is 4.98 Å². The van der Waals surface area contributed by atoms with Crippen LogP contribution in [0.2, 0.25) is 0 Å². The minimum absolute atomic E-state index is 0.0148. The predicted molar refractivity (Wildman–Crippen MR) is 163 cm³/mol. The highest BCUT2D eigenvalue weighted by molar-refractivity contribution is 5.96. The zero-order valence-electron chi connectivity index (χ0n) is 23.4. The van der Waals surface area contributed by atoms with Crippen molar-refractivity contribution in [2.45, 2.75) is 39.8 Å². The molecule has 0 aliphatic rings. The number of hydrogen-bond acceptors (Lipinski definition) is 4. The largest absolute Gasteiger partial charge is 0.330 e. The van der Waals surface area contributed by atoms with Gasteiger partial charge in [0, 0.05) is 12.1 Å². The first-order valence-corrected chi connectivity index (χ1v) is 13.9. The molecule has 1 aromatic heterocycles. The molecule has 6 nitrogen and oxygen atoms in total. The van der Waals surface area contributed by atoms with Gasteiger partial charge in [0.25, 0.3) is 11.5 Å². The van der Waals surface area contributed by atoms with Gasteiger partial charge >= 0.3 is 0 Å². The monoisotopic (exact) mass is 532 g/mol. The van der Waals surface area contributed by atoms with Crippen molar-refractivity contribution < 1.29 is 4.79 Å². The van der Waals surface area contributed by atoms with Gasteiger partial charge in [-0.3, -0.25) is 14.2 Å². The van der Waals surface area contributed by atoms with E-state index in [-0.39, 0.29) is 17.4 Å². The number of carbonyl (C=O) groups excluding carboxylic acids is 1. The molecule has 6 heteroatoms. The number of aromatic nitrogens is 2. The third-order valence-electron chi connectivity index (χ3n) is 7.43. The minimum Gasteiger partial charge on any atom is -0.330 e. The molecule has 1 amide bonds. The summed E-state index contributed by atoms with van der Waals surface area (Å²) in [5.74, 6) is 0.481. The fourth-order valence-electron chi connectivity index (χ4n) is 5.36. The van der Waals surface area contributed by atoms with Gasteiger partial charge in [-0.1, -0.05) is 86.1 Å². The number of amides is 1. The van der Waals surface area contributed by atoms with Crippen LogP contribution in [0.15, 0.2) is 95.8 Å². The molecule has 1 atom stereocenters. The van der Waals surface area contributed by atoms with E-state index >= 15 is 0 Å². The molecule has 0 radical (unpaired) electrons. The number of nitrogens with zero attached hydrogens (tertiary/aromatic N) is 3. The van der Waals surface area contributed by atoms with Crippen molar-refractivity contribution in [3.63, 3.8) is 0 Å². The molecule has 0 aliphatic carbocycles. The molecule has 1 unspecified atom stereocenters. The Balaban J connectivity index is 1.74. The van der Waals surface area contributed by atoms with E-state index in [9.17, 15) is 9.59 Å². The minimum atomic E-state index is -0.437. The third-order valence-corrected chi connectivity index (χ3v) is 7.43. The Hall–Kier alpha value is -4.29. The van der Waals surface area contributed by atoms with Crippen LogP contribution in [0.25, 0.3) is 21.7 Å². The highest BCUT2D eigenvalue weighted by Crippen LogP contribution is 2.31. The molecule has 0 spiro atoms. The smallest absolute Gasteiger partial charge is 0.261 e. The number of rotatable bonds is 9. The van der Waals surface area contributed by atoms with Gasteiger partial charge in [0.1, 0.15) is 5.82 Å². The van der Waals surface area contributed by atoms with Crippen molar-refractivity contribution in [2.75, 3.05) is 13.1 Å². The van der Waals surface area contributed by atoms with Gasteiger partial charge in [0.15, 0.2) is 0 Å². The summed E-state index contributed by atoms with van der Waals surface area (Å²) >= 11 is 0. The van der Waals surface area contributed by atoms with Crippen molar-refractivity contribution in [1.29, 1.82) is 0 Å². The number of benzene rings is 4. The van der Waals surface area contributed by atoms with Gasteiger partial charge in [0.2, 0.25) is 0 Å². The van der Waals surface area contributed by atoms with E-state index in [1.54, 1.807) is 4.57 Å². The van der Waals surface area contributed by atoms with E-state index in [0.717, 1.165) is 21.9 Å². The van der Waals surface area contributed by atoms with Crippen molar-refractivity contribution in [3.05, 3.63) is 124 Å². The quantitative estimate of drug-likeness (QED) is 0.233. The Morgan fingerprint density at radius 1 is 0.925 bits per heavy atom. The lowest BCUT2D eigenvalue weighted by Gasteiger charge is -2.35. The summed E-state index contributed by atoms with van der Waals surface area (Å²) < 4.78 is 1.76. The Labute approximate surface area is 235 Å². The second-order valence-corrected chi connectivity index (χ2v) is 10.8. The zero-order valence-corrected chi connectivity index (χ0v) is 23.4. The normalized spacial score (nSPS) is 12.2. The number of fused-ring (bicyclic) bond motifs is 2. The maximum atomic E-state index is 14.2. The summed E-state index contributed by atoms with van der Waals surface area (Å²) in [5.41, 5.74) is 9.14. The summed E-state index contributed by atoms with van der Waals surface area (Å²) in [4.78, 5) is 35.3. The van der Waals surface area contributed by atoms with Gasteiger partial charge in [0.05, 0.1) is 23.5 Å². The number of carbonyl (C=O) groups is 1. The van der Waals surface area contributed by atoms with E-state index in [2.05, 4.69) is 13.8 Å². The predicted octanol–water partition coefficient (Wildman–Crippen LogP) is 6.09. The molecule has 2 N–H and O–H groups in total. The van der Waals surface area contributed by atoms with E-state index < -0.39 is 6.04 Å². The molecular weight excluding hydrogens is 496 g/mol. The lowest BCUT2D eigenvalue weighted by Crippen LogP contribution is -2.42. The van der Waals surface area contributed by atoms with Gasteiger partial charge in [-0.2, -0.15) is 0 Å². The molecule has 40 heavy (non-hydrogen) atoms. The van der Waals surface area contributed by atoms with Crippen molar-refractivity contribution in [1.82, 2.24) is 14.5 Å². The topological polar surface area (TPSA) is 81.2 Å². The number of hydrogen-bond donors (Lipinski definition) is 1. The van der Waals surface area contributed by atoms with Crippen LogP contribution in [-0.2, 0) is 6.54 Å². The SMILES string of the molecule is Cc1ccc(C(=O)N(CCCN)C(c2nc3cc4ccccc4cc3c(=O)n2Cc2ccccc2)C(C)C)cc1. The average Bonchev–Trinajstić information content (AvgIpc) is 2.96. The maximum absolute atomic E-state index is 14.2. The van der Waals surface area contributed by atoms with Crippen LogP contribution in [0.4, 0.5) is 0 Å². The molecule has 5 rings (SSSR count). The summed E-state index contributed by atoms with van der Waals surface area (Å²) in [6.07, 6.45) is 0.641. The molecule has 204 valence electrons. The Bertz CT molecular complexity index is 1690. The van der Waals surface area contributed by atoms with E-state index in [0.29, 0.717) is 48.3 Å². The summed E-state index contributed by atoms with van der Waals surface area (Å²) in [6.45, 7) is 7.43. The third kappa shape index (κ3) is 5.54. The Kier molecular flexibility index (Phi) is 8.08. The van der Waals surface area contributed by atoms with Crippen LogP contribution in [0, 0.1) is 12.8 Å². The van der Waals surface area contributed by atoms with Gasteiger partial charge in [-0.15, -0.1) is 0 Å². The summed E-state index contributed by atoms with van der Waals surface area (Å²) in [5, 5.41) is 2.58. The lowest BCUT2D eigenvalue weighted by atomic mass is 9.98. The van der Waals surface area contributed by atoms with Crippen LogP contribution in [0.3, 0.4) is 0 Å². The molecule has 0 fully saturated rings. The molecule has 0 saturated heterocycles. The molecule has 0 bridgehead atoms. The van der Waals surface area contributed by atoms with Crippen LogP contribution >= 0.6 is 0 Å². The number of aryl methyl sites for hydroxylation is 1. The molecule has 0 saturated carbocycles. The van der Waals surface area contributed by atoms with Crippen LogP contribution in [-0.4, -0.2) is 33.4 Å². The second-order valence-electron chi connectivity index (χ2n) is 10.8. The van der Waals surface area contributed by atoms with Crippen molar-refractivity contribution >= 4 is 27.6 Å². The van der Waals surface area contributed by atoms with Gasteiger partial charge < -0.3 is 10.6 Å². The van der Waals surface area contributed by atoms with Gasteiger partial charge in [-0.05, 0) is 66.4 Å². The average molecular weight is 533 g/mol. The van der Waals surface area contributed by atoms with Crippen molar-refractivity contribution in [3.8, 4) is 0 Å². The summed E-state index contributed by atoms with van der Waals surface area (Å²) in [6, 6.07) is 29.0. The molecule has 4 aromatic carbocycles. The molecule has 0 aliphatic heterocycles. The highest BCUT2D eigenvalue weighted by Gasteiger charge is 2.32. The molecule has 1 heterocycles. The Morgan fingerprint density at radius 2 is 1.57 bits per heavy atom.